The Kier molecular flexibility index (Phi) is 4.39. The fourth-order valence-corrected chi connectivity index (χ4v) is 1.22. The van der Waals surface area contributed by atoms with E-state index >= 15 is 0 Å². The van der Waals surface area contributed by atoms with E-state index in [1.165, 1.54) is 0 Å². The van der Waals surface area contributed by atoms with Crippen molar-refractivity contribution in [3.63, 3.8) is 0 Å². The van der Waals surface area contributed by atoms with Gasteiger partial charge in [0.25, 0.3) is 0 Å². The highest BCUT2D eigenvalue weighted by molar-refractivity contribution is 6.67. The summed E-state index contributed by atoms with van der Waals surface area (Å²) in [7, 11) is 0. The number of esters is 1. The van der Waals surface area contributed by atoms with Crippen LogP contribution in [0.1, 0.15) is 22.8 Å². The number of aryl methyl sites for hydroxylation is 1. The van der Waals surface area contributed by atoms with Crippen LogP contribution < -0.4 is 0 Å². The molecule has 0 bridgehead atoms. The van der Waals surface area contributed by atoms with Gasteiger partial charge in [-0.05, 0) is 13.8 Å². The average molecular weight is 235 g/mol. The Morgan fingerprint density at radius 1 is 1.29 bits per heavy atom. The molecule has 1 N–H and O–H groups in total. The van der Waals surface area contributed by atoms with Gasteiger partial charge in [-0.15, -0.1) is 0 Å². The number of carbonyl (C=O) groups excluding carboxylic acids is 2. The summed E-state index contributed by atoms with van der Waals surface area (Å²) in [5.41, 5.74) is 0.646. The quantitative estimate of drug-likeness (QED) is 0.215. The predicted molar refractivity (Wildman–Crippen MR) is 61.4 cm³/mol. The molecule has 0 radical (unpaired) electrons. The van der Waals surface area contributed by atoms with Gasteiger partial charge in [0.1, 0.15) is 0 Å². The first-order valence-electron chi connectivity index (χ1n) is 5.10. The van der Waals surface area contributed by atoms with Crippen LogP contribution in [0.15, 0.2) is 29.4 Å². The highest BCUT2D eigenvalue weighted by Gasteiger charge is 2.23. The lowest BCUT2D eigenvalue weighted by molar-refractivity contribution is -0.135. The number of hydrogen-bond donors (Lipinski definition) is 1. The summed E-state index contributed by atoms with van der Waals surface area (Å²) >= 11 is 0. The molecule has 0 fully saturated rings. The molecule has 0 amide bonds. The van der Waals surface area contributed by atoms with Crippen LogP contribution in [-0.4, -0.2) is 29.3 Å². The van der Waals surface area contributed by atoms with Crippen molar-refractivity contribution >= 4 is 17.5 Å². The van der Waals surface area contributed by atoms with Crippen LogP contribution in [0.4, 0.5) is 0 Å². The zero-order valence-electron chi connectivity index (χ0n) is 9.64. The number of Topliss-reactive ketones (excluding diaryl/α,β-unsaturated/α-hetero) is 1. The van der Waals surface area contributed by atoms with E-state index in [1.807, 2.05) is 6.92 Å². The molecular weight excluding hydrogens is 222 g/mol. The Morgan fingerprint density at radius 3 is 2.35 bits per heavy atom. The van der Waals surface area contributed by atoms with E-state index in [9.17, 15) is 9.59 Å². The van der Waals surface area contributed by atoms with Crippen molar-refractivity contribution < 1.29 is 19.5 Å². The minimum Gasteiger partial charge on any atom is -0.461 e. The molecule has 0 unspecified atom stereocenters. The van der Waals surface area contributed by atoms with E-state index in [0.717, 1.165) is 5.56 Å². The third-order valence-electron chi connectivity index (χ3n) is 2.10. The van der Waals surface area contributed by atoms with Crippen molar-refractivity contribution in [3.8, 4) is 0 Å². The van der Waals surface area contributed by atoms with Crippen LogP contribution in [0.25, 0.3) is 0 Å². The van der Waals surface area contributed by atoms with Gasteiger partial charge in [0.15, 0.2) is 0 Å². The highest BCUT2D eigenvalue weighted by Crippen LogP contribution is 2.06. The van der Waals surface area contributed by atoms with E-state index in [4.69, 9.17) is 5.21 Å². The van der Waals surface area contributed by atoms with Crippen molar-refractivity contribution in [2.75, 3.05) is 6.61 Å². The van der Waals surface area contributed by atoms with Gasteiger partial charge in [0, 0.05) is 5.56 Å². The molecule has 0 saturated heterocycles. The molecule has 5 heteroatoms. The zero-order chi connectivity index (χ0) is 12.8. The van der Waals surface area contributed by atoms with E-state index in [1.54, 1.807) is 31.2 Å². The number of ketones is 1. The standard InChI is InChI=1S/C12H13NO4/c1-3-17-12(15)10(13-16)11(14)9-6-4-8(2)5-7-9/h4-7,16H,3H2,1-2H3/b13-10-. The molecule has 1 aromatic carbocycles. The fourth-order valence-electron chi connectivity index (χ4n) is 1.22. The van der Waals surface area contributed by atoms with Gasteiger partial charge in [0.2, 0.25) is 11.5 Å². The van der Waals surface area contributed by atoms with Gasteiger partial charge in [-0.25, -0.2) is 4.79 Å². The summed E-state index contributed by atoms with van der Waals surface area (Å²) in [5, 5.41) is 11.4. The first-order chi connectivity index (χ1) is 8.10. The first-order valence-corrected chi connectivity index (χ1v) is 5.10. The molecular formula is C12H13NO4. The molecule has 0 heterocycles. The van der Waals surface area contributed by atoms with Crippen LogP contribution in [0.2, 0.25) is 0 Å². The highest BCUT2D eigenvalue weighted by atomic mass is 16.5. The number of ether oxygens (including phenoxy) is 1. The monoisotopic (exact) mass is 235 g/mol. The molecule has 17 heavy (non-hydrogen) atoms. The van der Waals surface area contributed by atoms with Crippen molar-refractivity contribution in [3.05, 3.63) is 35.4 Å². The zero-order valence-corrected chi connectivity index (χ0v) is 9.64. The van der Waals surface area contributed by atoms with Crippen LogP contribution in [0.3, 0.4) is 0 Å². The fraction of sp³-hybridized carbons (Fsp3) is 0.250. The van der Waals surface area contributed by atoms with Crippen molar-refractivity contribution in [2.24, 2.45) is 5.16 Å². The second-order valence-corrected chi connectivity index (χ2v) is 3.36. The number of hydrogen-bond acceptors (Lipinski definition) is 5. The smallest absolute Gasteiger partial charge is 0.364 e. The Hall–Kier alpha value is -2.17. The van der Waals surface area contributed by atoms with Crippen molar-refractivity contribution in [2.45, 2.75) is 13.8 Å². The molecule has 5 nitrogen and oxygen atoms in total. The Labute approximate surface area is 98.7 Å². The molecule has 0 aliphatic carbocycles. The second kappa shape index (κ2) is 5.79. The van der Waals surface area contributed by atoms with Gasteiger partial charge in [-0.2, -0.15) is 0 Å². The van der Waals surface area contributed by atoms with Gasteiger partial charge >= 0.3 is 5.97 Å². The van der Waals surface area contributed by atoms with E-state index in [2.05, 4.69) is 9.89 Å². The average Bonchev–Trinajstić information content (AvgIpc) is 2.31. The molecule has 1 aromatic rings. The van der Waals surface area contributed by atoms with Crippen molar-refractivity contribution in [1.82, 2.24) is 0 Å². The molecule has 0 aromatic heterocycles. The Bertz CT molecular complexity index is 448. The third-order valence-corrected chi connectivity index (χ3v) is 2.10. The largest absolute Gasteiger partial charge is 0.461 e. The van der Waals surface area contributed by atoms with Crippen LogP contribution in [0.5, 0.6) is 0 Å². The van der Waals surface area contributed by atoms with Crippen LogP contribution in [0, 0.1) is 6.92 Å². The summed E-state index contributed by atoms with van der Waals surface area (Å²) in [5.74, 6) is -1.59. The number of oxime groups is 1. The molecule has 1 rings (SSSR count). The minimum atomic E-state index is -0.930. The molecule has 0 atom stereocenters. The number of rotatable bonds is 4. The summed E-state index contributed by atoms with van der Waals surface area (Å²) in [6, 6.07) is 6.57. The number of carbonyl (C=O) groups is 2. The summed E-state index contributed by atoms with van der Waals surface area (Å²) in [4.78, 5) is 23.1. The lowest BCUT2D eigenvalue weighted by Gasteiger charge is -2.03. The molecule has 0 spiro atoms. The molecule has 0 aliphatic heterocycles. The predicted octanol–water partition coefficient (Wildman–Crippen LogP) is 1.57. The summed E-state index contributed by atoms with van der Waals surface area (Å²) < 4.78 is 4.61. The number of nitrogens with zero attached hydrogens (tertiary/aromatic N) is 1. The Balaban J connectivity index is 2.95. The first kappa shape index (κ1) is 12.9. The minimum absolute atomic E-state index is 0.110. The maximum Gasteiger partial charge on any atom is 0.364 e. The lowest BCUT2D eigenvalue weighted by Crippen LogP contribution is -2.26. The molecule has 0 saturated carbocycles. The van der Waals surface area contributed by atoms with Gasteiger partial charge in [-0.1, -0.05) is 35.0 Å². The van der Waals surface area contributed by atoms with E-state index in [-0.39, 0.29) is 12.2 Å². The second-order valence-electron chi connectivity index (χ2n) is 3.36. The van der Waals surface area contributed by atoms with E-state index < -0.39 is 17.5 Å². The topological polar surface area (TPSA) is 76.0 Å². The Morgan fingerprint density at radius 2 is 1.88 bits per heavy atom. The molecule has 0 aliphatic rings. The normalized spacial score (nSPS) is 11.1. The lowest BCUT2D eigenvalue weighted by atomic mass is 10.1. The van der Waals surface area contributed by atoms with E-state index in [0.29, 0.717) is 0 Å². The SMILES string of the molecule is CCOC(=O)/C(=N\O)C(=O)c1ccc(C)cc1. The summed E-state index contributed by atoms with van der Waals surface area (Å²) in [6.07, 6.45) is 0. The van der Waals surface area contributed by atoms with Gasteiger partial charge in [0.05, 0.1) is 6.61 Å². The maximum absolute atomic E-state index is 11.8. The van der Waals surface area contributed by atoms with Gasteiger partial charge in [-0.3, -0.25) is 4.79 Å². The molecule has 90 valence electrons. The third kappa shape index (κ3) is 3.14. The van der Waals surface area contributed by atoms with Gasteiger partial charge < -0.3 is 9.94 Å². The van der Waals surface area contributed by atoms with Crippen LogP contribution in [-0.2, 0) is 9.53 Å². The maximum atomic E-state index is 11.8. The van der Waals surface area contributed by atoms with Crippen LogP contribution >= 0.6 is 0 Å². The van der Waals surface area contributed by atoms with Crippen molar-refractivity contribution in [1.29, 1.82) is 0 Å². The number of benzene rings is 1. The summed E-state index contributed by atoms with van der Waals surface area (Å²) in [6.45, 7) is 3.59.